The molecule has 100 valence electrons. The molecule has 2 heterocycles. The first-order valence-electron chi connectivity index (χ1n) is 6.85. The Balaban J connectivity index is 2.07. The molecule has 1 aromatic rings. The first kappa shape index (κ1) is 13.3. The van der Waals surface area contributed by atoms with Crippen LogP contribution >= 0.6 is 0 Å². The molecule has 2 rings (SSSR count). The molecule has 0 aromatic carbocycles. The first-order valence-corrected chi connectivity index (χ1v) is 6.85. The highest BCUT2D eigenvalue weighted by Crippen LogP contribution is 2.26. The van der Waals surface area contributed by atoms with Crippen LogP contribution in [0.1, 0.15) is 39.7 Å². The number of aromatic nitrogens is 1. The van der Waals surface area contributed by atoms with Gasteiger partial charge in [0.25, 0.3) is 0 Å². The lowest BCUT2D eigenvalue weighted by molar-refractivity contribution is 0.488. The fourth-order valence-corrected chi connectivity index (χ4v) is 2.44. The third kappa shape index (κ3) is 2.83. The molecule has 0 amide bonds. The van der Waals surface area contributed by atoms with Gasteiger partial charge in [-0.3, -0.25) is 0 Å². The maximum absolute atomic E-state index is 5.97. The van der Waals surface area contributed by atoms with Crippen LogP contribution in [0.15, 0.2) is 18.3 Å². The van der Waals surface area contributed by atoms with E-state index in [1.54, 1.807) is 0 Å². The molecule has 0 bridgehead atoms. The molecule has 1 fully saturated rings. The van der Waals surface area contributed by atoms with Crippen molar-refractivity contribution in [3.8, 4) is 0 Å². The number of nitrogens with zero attached hydrogens (tertiary/aromatic N) is 2. The molecular formula is C15H25N3. The summed E-state index contributed by atoms with van der Waals surface area (Å²) in [4.78, 5) is 6.95. The Morgan fingerprint density at radius 2 is 2.11 bits per heavy atom. The van der Waals surface area contributed by atoms with Gasteiger partial charge in [0.2, 0.25) is 0 Å². The summed E-state index contributed by atoms with van der Waals surface area (Å²) < 4.78 is 0. The Hall–Kier alpha value is -1.09. The summed E-state index contributed by atoms with van der Waals surface area (Å²) in [6.45, 7) is 10.9. The molecule has 1 aromatic heterocycles. The predicted octanol–water partition coefficient (Wildman–Crippen LogP) is 2.55. The van der Waals surface area contributed by atoms with Crippen molar-refractivity contribution in [3.63, 3.8) is 0 Å². The van der Waals surface area contributed by atoms with E-state index in [1.807, 2.05) is 6.20 Å². The molecular weight excluding hydrogens is 222 g/mol. The van der Waals surface area contributed by atoms with Crippen molar-refractivity contribution in [1.29, 1.82) is 0 Å². The number of pyridine rings is 1. The van der Waals surface area contributed by atoms with Crippen LogP contribution in [0, 0.1) is 5.92 Å². The molecule has 2 N–H and O–H groups in total. The van der Waals surface area contributed by atoms with Crippen molar-refractivity contribution in [2.24, 2.45) is 11.7 Å². The molecule has 2 atom stereocenters. The standard InChI is InChI=1S/C15H25N3/c1-11(16)12-7-8-18(10-12)14-6-5-13(9-17-14)15(2,3)4/h5-6,9,11-12H,7-8,10,16H2,1-4H3. The number of hydrogen-bond donors (Lipinski definition) is 1. The van der Waals surface area contributed by atoms with Crippen LogP contribution in [0.3, 0.4) is 0 Å². The summed E-state index contributed by atoms with van der Waals surface area (Å²) in [6.07, 6.45) is 3.19. The van der Waals surface area contributed by atoms with Gasteiger partial charge in [0, 0.05) is 25.3 Å². The highest BCUT2D eigenvalue weighted by molar-refractivity contribution is 5.41. The first-order chi connectivity index (χ1) is 8.38. The van der Waals surface area contributed by atoms with E-state index in [1.165, 1.54) is 12.0 Å². The fraction of sp³-hybridized carbons (Fsp3) is 0.667. The van der Waals surface area contributed by atoms with Crippen molar-refractivity contribution >= 4 is 5.82 Å². The van der Waals surface area contributed by atoms with Crippen molar-refractivity contribution in [2.45, 2.75) is 45.6 Å². The quantitative estimate of drug-likeness (QED) is 0.873. The third-order valence-electron chi connectivity index (χ3n) is 3.91. The van der Waals surface area contributed by atoms with E-state index in [4.69, 9.17) is 5.73 Å². The van der Waals surface area contributed by atoms with Gasteiger partial charge in [0.15, 0.2) is 0 Å². The van der Waals surface area contributed by atoms with E-state index in [9.17, 15) is 0 Å². The zero-order chi connectivity index (χ0) is 13.3. The molecule has 0 aliphatic carbocycles. The largest absolute Gasteiger partial charge is 0.356 e. The molecule has 1 aliphatic rings. The maximum atomic E-state index is 5.97. The van der Waals surface area contributed by atoms with Gasteiger partial charge in [-0.15, -0.1) is 0 Å². The SMILES string of the molecule is CC(N)C1CCN(c2ccc(C(C)(C)C)cn2)C1. The Morgan fingerprint density at radius 1 is 1.39 bits per heavy atom. The molecule has 0 radical (unpaired) electrons. The van der Waals surface area contributed by atoms with Crippen LogP contribution in [0.5, 0.6) is 0 Å². The lowest BCUT2D eigenvalue weighted by Gasteiger charge is -2.22. The molecule has 18 heavy (non-hydrogen) atoms. The molecule has 1 saturated heterocycles. The minimum Gasteiger partial charge on any atom is -0.356 e. The van der Waals surface area contributed by atoms with E-state index in [0.29, 0.717) is 5.92 Å². The van der Waals surface area contributed by atoms with Crippen LogP contribution < -0.4 is 10.6 Å². The summed E-state index contributed by atoms with van der Waals surface area (Å²) in [5.74, 6) is 1.69. The van der Waals surface area contributed by atoms with Gasteiger partial charge < -0.3 is 10.6 Å². The van der Waals surface area contributed by atoms with E-state index >= 15 is 0 Å². The number of anilines is 1. The average Bonchev–Trinajstić information content (AvgIpc) is 2.77. The molecule has 2 unspecified atom stereocenters. The van der Waals surface area contributed by atoms with Crippen LogP contribution in [0.25, 0.3) is 0 Å². The van der Waals surface area contributed by atoms with E-state index < -0.39 is 0 Å². The molecule has 3 nitrogen and oxygen atoms in total. The molecule has 0 spiro atoms. The number of rotatable bonds is 2. The Kier molecular flexibility index (Phi) is 3.62. The average molecular weight is 247 g/mol. The smallest absolute Gasteiger partial charge is 0.128 e. The topological polar surface area (TPSA) is 42.1 Å². The highest BCUT2D eigenvalue weighted by Gasteiger charge is 2.26. The Bertz CT molecular complexity index is 389. The Morgan fingerprint density at radius 3 is 2.56 bits per heavy atom. The summed E-state index contributed by atoms with van der Waals surface area (Å²) in [7, 11) is 0. The fourth-order valence-electron chi connectivity index (χ4n) is 2.44. The lowest BCUT2D eigenvalue weighted by atomic mass is 9.88. The van der Waals surface area contributed by atoms with Gasteiger partial charge in [-0.05, 0) is 36.3 Å². The van der Waals surface area contributed by atoms with Crippen LogP contribution in [-0.4, -0.2) is 24.1 Å². The van der Waals surface area contributed by atoms with Gasteiger partial charge in [-0.2, -0.15) is 0 Å². The van der Waals surface area contributed by atoms with Crippen LogP contribution in [0.2, 0.25) is 0 Å². The van der Waals surface area contributed by atoms with Gasteiger partial charge in [0.05, 0.1) is 0 Å². The zero-order valence-electron chi connectivity index (χ0n) is 12.0. The summed E-state index contributed by atoms with van der Waals surface area (Å²) in [5.41, 5.74) is 7.43. The number of hydrogen-bond acceptors (Lipinski definition) is 3. The van der Waals surface area contributed by atoms with E-state index in [-0.39, 0.29) is 11.5 Å². The van der Waals surface area contributed by atoms with E-state index in [0.717, 1.165) is 18.9 Å². The third-order valence-corrected chi connectivity index (χ3v) is 3.91. The second kappa shape index (κ2) is 4.88. The molecule has 1 aliphatic heterocycles. The van der Waals surface area contributed by atoms with Gasteiger partial charge >= 0.3 is 0 Å². The molecule has 3 heteroatoms. The normalized spacial score (nSPS) is 22.3. The predicted molar refractivity (Wildman–Crippen MR) is 76.9 cm³/mol. The summed E-state index contributed by atoms with van der Waals surface area (Å²) >= 11 is 0. The second-order valence-electron chi connectivity index (χ2n) is 6.51. The summed E-state index contributed by atoms with van der Waals surface area (Å²) in [5, 5.41) is 0. The van der Waals surface area contributed by atoms with Crippen LogP contribution in [0.4, 0.5) is 5.82 Å². The lowest BCUT2D eigenvalue weighted by Crippen LogP contribution is -2.30. The second-order valence-corrected chi connectivity index (χ2v) is 6.51. The zero-order valence-corrected chi connectivity index (χ0v) is 12.0. The maximum Gasteiger partial charge on any atom is 0.128 e. The Labute approximate surface area is 110 Å². The monoisotopic (exact) mass is 247 g/mol. The number of nitrogens with two attached hydrogens (primary N) is 1. The molecule has 0 saturated carbocycles. The van der Waals surface area contributed by atoms with Crippen LogP contribution in [-0.2, 0) is 5.41 Å². The minimum absolute atomic E-state index is 0.171. The minimum atomic E-state index is 0.171. The highest BCUT2D eigenvalue weighted by atomic mass is 15.2. The van der Waals surface area contributed by atoms with Crippen molar-refractivity contribution in [1.82, 2.24) is 4.98 Å². The van der Waals surface area contributed by atoms with E-state index in [2.05, 4.69) is 49.7 Å². The summed E-state index contributed by atoms with van der Waals surface area (Å²) in [6, 6.07) is 4.62. The van der Waals surface area contributed by atoms with Crippen molar-refractivity contribution in [2.75, 3.05) is 18.0 Å². The van der Waals surface area contributed by atoms with Gasteiger partial charge in [0.1, 0.15) is 5.82 Å². The van der Waals surface area contributed by atoms with Gasteiger partial charge in [-0.25, -0.2) is 4.98 Å². The van der Waals surface area contributed by atoms with Crippen molar-refractivity contribution < 1.29 is 0 Å². The van der Waals surface area contributed by atoms with Gasteiger partial charge in [-0.1, -0.05) is 26.8 Å². The van der Waals surface area contributed by atoms with Crippen molar-refractivity contribution in [3.05, 3.63) is 23.9 Å².